The van der Waals surface area contributed by atoms with Gasteiger partial charge in [-0.05, 0) is 34.2 Å². The van der Waals surface area contributed by atoms with E-state index in [9.17, 15) is 4.79 Å². The van der Waals surface area contributed by atoms with E-state index in [1.807, 2.05) is 54.6 Å². The molecule has 3 nitrogen and oxygen atoms in total. The molecule has 0 amide bonds. The molecule has 0 N–H and O–H groups in total. The number of esters is 1. The molecule has 2 atom stereocenters. The smallest absolute Gasteiger partial charge is 0.342 e. The predicted octanol–water partition coefficient (Wildman–Crippen LogP) is 5.97. The molecule has 0 bridgehead atoms. The summed E-state index contributed by atoms with van der Waals surface area (Å²) in [5, 5.41) is 0. The van der Waals surface area contributed by atoms with E-state index in [2.05, 4.69) is 6.92 Å². The number of ether oxygens (including phenoxy) is 2. The second-order valence-electron chi connectivity index (χ2n) is 7.99. The molecule has 1 fully saturated rings. The van der Waals surface area contributed by atoms with Gasteiger partial charge in [0.15, 0.2) is 0 Å². The minimum Gasteiger partial charge on any atom is -0.453 e. The highest BCUT2D eigenvalue weighted by atomic mass is 19.1. The summed E-state index contributed by atoms with van der Waals surface area (Å²) in [5.41, 5.74) is 5.21. The Morgan fingerprint density at radius 2 is 1.60 bits per heavy atom. The fraction of sp³-hybridized carbons (Fsp3) is 0.269. The summed E-state index contributed by atoms with van der Waals surface area (Å²) in [6.45, 7) is 2.89. The molecule has 2 unspecified atom stereocenters. The second kappa shape index (κ2) is 7.69. The number of benzene rings is 3. The first-order chi connectivity index (χ1) is 14.6. The molecule has 0 saturated carbocycles. The van der Waals surface area contributed by atoms with Crippen molar-refractivity contribution in [2.75, 3.05) is 6.61 Å². The third kappa shape index (κ3) is 3.52. The summed E-state index contributed by atoms with van der Waals surface area (Å²) in [4.78, 5) is 12.7. The first kappa shape index (κ1) is 19.0. The van der Waals surface area contributed by atoms with Crippen LogP contribution in [0.2, 0.25) is 0 Å². The monoisotopic (exact) mass is 402 g/mol. The van der Waals surface area contributed by atoms with E-state index in [0.717, 1.165) is 36.1 Å². The van der Waals surface area contributed by atoms with Crippen molar-refractivity contribution in [1.29, 1.82) is 0 Å². The number of cyclic esters (lactones) is 1. The van der Waals surface area contributed by atoms with Gasteiger partial charge in [-0.2, -0.15) is 0 Å². The summed E-state index contributed by atoms with van der Waals surface area (Å²) in [6.07, 6.45) is 2.31. The van der Waals surface area contributed by atoms with Crippen LogP contribution in [-0.2, 0) is 22.3 Å². The van der Waals surface area contributed by atoms with Crippen molar-refractivity contribution in [3.8, 4) is 11.1 Å². The minimum atomic E-state index is -0.599. The van der Waals surface area contributed by atoms with Crippen molar-refractivity contribution in [3.05, 3.63) is 94.3 Å². The molecule has 2 aliphatic rings. The molecule has 2 aliphatic heterocycles. The highest BCUT2D eigenvalue weighted by Gasteiger charge is 2.32. The van der Waals surface area contributed by atoms with Gasteiger partial charge in [0, 0.05) is 12.0 Å². The van der Waals surface area contributed by atoms with E-state index in [1.165, 1.54) is 5.56 Å². The van der Waals surface area contributed by atoms with Crippen LogP contribution in [0.5, 0.6) is 0 Å². The molecule has 3 aromatic rings. The molecule has 3 aromatic carbocycles. The third-order valence-electron chi connectivity index (χ3n) is 5.90. The SMILES string of the molecule is CCCc1ccc(-c2ccc3c(c2F)C(=O)OC(c2ccc(C4CO4)cc2)C3)cc1. The van der Waals surface area contributed by atoms with E-state index < -0.39 is 17.9 Å². The molecule has 0 radical (unpaired) electrons. The van der Waals surface area contributed by atoms with Crippen molar-refractivity contribution in [2.24, 2.45) is 0 Å². The topological polar surface area (TPSA) is 38.8 Å². The van der Waals surface area contributed by atoms with Gasteiger partial charge in [0.05, 0.1) is 12.2 Å². The summed E-state index contributed by atoms with van der Waals surface area (Å²) in [7, 11) is 0. The summed E-state index contributed by atoms with van der Waals surface area (Å²) in [5.74, 6) is -1.10. The Balaban J connectivity index is 1.42. The number of hydrogen-bond acceptors (Lipinski definition) is 3. The predicted molar refractivity (Wildman–Crippen MR) is 113 cm³/mol. The number of hydrogen-bond donors (Lipinski definition) is 0. The Morgan fingerprint density at radius 3 is 2.23 bits per heavy atom. The lowest BCUT2D eigenvalue weighted by molar-refractivity contribution is 0.0246. The quantitative estimate of drug-likeness (QED) is 0.390. The van der Waals surface area contributed by atoms with Gasteiger partial charge in [-0.3, -0.25) is 0 Å². The zero-order valence-electron chi connectivity index (χ0n) is 16.9. The molecule has 4 heteroatoms. The Kier molecular flexibility index (Phi) is 4.87. The number of rotatable bonds is 5. The van der Waals surface area contributed by atoms with Gasteiger partial charge in [0.25, 0.3) is 0 Å². The summed E-state index contributed by atoms with van der Waals surface area (Å²) in [6, 6.07) is 19.4. The van der Waals surface area contributed by atoms with Gasteiger partial charge in [-0.25, -0.2) is 9.18 Å². The molecule has 2 heterocycles. The number of aryl methyl sites for hydroxylation is 1. The standard InChI is InChI=1S/C26H23FO3/c1-2-3-16-4-6-17(7-5-16)21-13-12-20-14-22(30-26(28)24(20)25(21)27)18-8-10-19(11-9-18)23-15-29-23/h4-13,22-23H,2-3,14-15H2,1H3. The number of carbonyl (C=O) groups is 1. The second-order valence-corrected chi connectivity index (χ2v) is 7.99. The first-order valence-electron chi connectivity index (χ1n) is 10.5. The van der Waals surface area contributed by atoms with Gasteiger partial charge in [-0.15, -0.1) is 0 Å². The molecule has 0 spiro atoms. The van der Waals surface area contributed by atoms with E-state index in [1.54, 1.807) is 6.07 Å². The summed E-state index contributed by atoms with van der Waals surface area (Å²) < 4.78 is 26.2. The Morgan fingerprint density at radius 1 is 0.933 bits per heavy atom. The van der Waals surface area contributed by atoms with Crippen LogP contribution in [-0.4, -0.2) is 12.6 Å². The third-order valence-corrected chi connectivity index (χ3v) is 5.90. The van der Waals surface area contributed by atoms with Gasteiger partial charge in [0.2, 0.25) is 0 Å². The zero-order valence-corrected chi connectivity index (χ0v) is 16.9. The van der Waals surface area contributed by atoms with Crippen molar-refractivity contribution in [3.63, 3.8) is 0 Å². The van der Waals surface area contributed by atoms with Gasteiger partial charge in [-0.1, -0.05) is 74.0 Å². The number of halogens is 1. The lowest BCUT2D eigenvalue weighted by atomic mass is 9.90. The fourth-order valence-corrected chi connectivity index (χ4v) is 4.15. The van der Waals surface area contributed by atoms with Crippen LogP contribution in [0.3, 0.4) is 0 Å². The normalized spacial score (nSPS) is 19.9. The van der Waals surface area contributed by atoms with Crippen molar-refractivity contribution in [1.82, 2.24) is 0 Å². The van der Waals surface area contributed by atoms with E-state index in [-0.39, 0.29) is 11.7 Å². The highest BCUT2D eigenvalue weighted by molar-refractivity contribution is 5.94. The van der Waals surface area contributed by atoms with E-state index in [0.29, 0.717) is 17.5 Å². The Hall–Kier alpha value is -2.98. The molecule has 0 aromatic heterocycles. The first-order valence-corrected chi connectivity index (χ1v) is 10.5. The molecular formula is C26H23FO3. The average Bonchev–Trinajstić information content (AvgIpc) is 3.60. The lowest BCUT2D eigenvalue weighted by Gasteiger charge is -2.26. The average molecular weight is 402 g/mol. The van der Waals surface area contributed by atoms with Crippen LogP contribution in [0.15, 0.2) is 60.7 Å². The molecule has 5 rings (SSSR count). The van der Waals surface area contributed by atoms with E-state index >= 15 is 4.39 Å². The minimum absolute atomic E-state index is 0.0596. The molecule has 30 heavy (non-hydrogen) atoms. The highest BCUT2D eigenvalue weighted by Crippen LogP contribution is 2.37. The van der Waals surface area contributed by atoms with Crippen LogP contribution in [0.4, 0.5) is 4.39 Å². The molecular weight excluding hydrogens is 379 g/mol. The zero-order chi connectivity index (χ0) is 20.7. The number of fused-ring (bicyclic) bond motifs is 1. The number of epoxide rings is 1. The Labute approximate surface area is 175 Å². The van der Waals surface area contributed by atoms with Crippen LogP contribution in [0.25, 0.3) is 11.1 Å². The van der Waals surface area contributed by atoms with Gasteiger partial charge >= 0.3 is 5.97 Å². The van der Waals surface area contributed by atoms with Gasteiger partial charge in [0.1, 0.15) is 18.0 Å². The maximum absolute atomic E-state index is 15.3. The maximum atomic E-state index is 15.3. The maximum Gasteiger partial charge on any atom is 0.342 e. The van der Waals surface area contributed by atoms with Crippen LogP contribution >= 0.6 is 0 Å². The summed E-state index contributed by atoms with van der Waals surface area (Å²) >= 11 is 0. The van der Waals surface area contributed by atoms with Crippen molar-refractivity contribution < 1.29 is 18.7 Å². The van der Waals surface area contributed by atoms with E-state index in [4.69, 9.17) is 9.47 Å². The van der Waals surface area contributed by atoms with Crippen LogP contribution < -0.4 is 0 Å². The molecule has 1 saturated heterocycles. The van der Waals surface area contributed by atoms with Crippen molar-refractivity contribution in [2.45, 2.75) is 38.4 Å². The Bertz CT molecular complexity index is 1080. The van der Waals surface area contributed by atoms with Crippen molar-refractivity contribution >= 4 is 5.97 Å². The number of carbonyl (C=O) groups excluding carboxylic acids is 1. The van der Waals surface area contributed by atoms with Crippen LogP contribution in [0.1, 0.15) is 58.2 Å². The fourth-order valence-electron chi connectivity index (χ4n) is 4.15. The van der Waals surface area contributed by atoms with Crippen LogP contribution in [0, 0.1) is 5.82 Å². The molecule has 152 valence electrons. The molecule has 0 aliphatic carbocycles. The van der Waals surface area contributed by atoms with Gasteiger partial charge < -0.3 is 9.47 Å². The lowest BCUT2D eigenvalue weighted by Crippen LogP contribution is -2.23. The largest absolute Gasteiger partial charge is 0.453 e.